The minimum Gasteiger partial charge on any atom is -0.378 e. The van der Waals surface area contributed by atoms with Crippen molar-refractivity contribution < 1.29 is 9.53 Å². The summed E-state index contributed by atoms with van der Waals surface area (Å²) in [7, 11) is 0. The third kappa shape index (κ3) is 4.01. The van der Waals surface area contributed by atoms with E-state index in [1.165, 1.54) is 6.20 Å². The molecule has 0 aromatic carbocycles. The molecule has 3 heterocycles. The molecule has 23 heavy (non-hydrogen) atoms. The van der Waals surface area contributed by atoms with E-state index in [0.717, 1.165) is 43.4 Å². The largest absolute Gasteiger partial charge is 0.378 e. The van der Waals surface area contributed by atoms with Gasteiger partial charge in [-0.05, 0) is 24.6 Å². The van der Waals surface area contributed by atoms with Crippen molar-refractivity contribution in [3.8, 4) is 0 Å². The van der Waals surface area contributed by atoms with E-state index in [2.05, 4.69) is 25.2 Å². The molecule has 1 aliphatic rings. The van der Waals surface area contributed by atoms with Crippen molar-refractivity contribution in [3.63, 3.8) is 0 Å². The number of hydrogen-bond donors (Lipinski definition) is 1. The van der Waals surface area contributed by atoms with Crippen molar-refractivity contribution in [2.75, 3.05) is 31.2 Å². The molecule has 1 aliphatic heterocycles. The van der Waals surface area contributed by atoms with Gasteiger partial charge in [0.25, 0.3) is 5.91 Å². The maximum absolute atomic E-state index is 12.1. The van der Waals surface area contributed by atoms with E-state index < -0.39 is 0 Å². The molecule has 0 bridgehead atoms. The molecule has 1 amide bonds. The van der Waals surface area contributed by atoms with E-state index in [1.54, 1.807) is 12.4 Å². The van der Waals surface area contributed by atoms with E-state index in [-0.39, 0.29) is 5.91 Å². The third-order valence-corrected chi connectivity index (χ3v) is 3.61. The van der Waals surface area contributed by atoms with Crippen LogP contribution in [0.3, 0.4) is 0 Å². The maximum Gasteiger partial charge on any atom is 0.271 e. The van der Waals surface area contributed by atoms with Gasteiger partial charge in [0.2, 0.25) is 0 Å². The summed E-state index contributed by atoms with van der Waals surface area (Å²) in [6.07, 6.45) is 4.83. The standard InChI is InChI=1S/C16H19N5O2/c1-12-9-19-14(11-18-12)16(22)20-10-13-2-3-17-15(8-13)21-4-6-23-7-5-21/h2-3,8-9,11H,4-7,10H2,1H3,(H,20,22). The van der Waals surface area contributed by atoms with Crippen LogP contribution in [0.2, 0.25) is 0 Å². The van der Waals surface area contributed by atoms with Crippen LogP contribution in [0, 0.1) is 6.92 Å². The normalized spacial score (nSPS) is 14.6. The zero-order valence-corrected chi connectivity index (χ0v) is 13.0. The number of nitrogens with zero attached hydrogens (tertiary/aromatic N) is 4. The van der Waals surface area contributed by atoms with Crippen molar-refractivity contribution in [3.05, 3.63) is 47.7 Å². The fraction of sp³-hybridized carbons (Fsp3) is 0.375. The topological polar surface area (TPSA) is 80.2 Å². The van der Waals surface area contributed by atoms with Gasteiger partial charge in [-0.1, -0.05) is 0 Å². The summed E-state index contributed by atoms with van der Waals surface area (Å²) in [5, 5.41) is 2.85. The van der Waals surface area contributed by atoms with Gasteiger partial charge in [0.05, 0.1) is 25.1 Å². The van der Waals surface area contributed by atoms with Gasteiger partial charge >= 0.3 is 0 Å². The summed E-state index contributed by atoms with van der Waals surface area (Å²) in [6.45, 7) is 5.36. The molecule has 7 heteroatoms. The highest BCUT2D eigenvalue weighted by molar-refractivity contribution is 5.91. The number of rotatable bonds is 4. The number of aromatic nitrogens is 3. The van der Waals surface area contributed by atoms with E-state index in [1.807, 2.05) is 19.1 Å². The van der Waals surface area contributed by atoms with Gasteiger partial charge in [-0.15, -0.1) is 0 Å². The molecular formula is C16H19N5O2. The Balaban J connectivity index is 1.61. The van der Waals surface area contributed by atoms with Crippen molar-refractivity contribution in [2.45, 2.75) is 13.5 Å². The van der Waals surface area contributed by atoms with Crippen LogP contribution < -0.4 is 10.2 Å². The summed E-state index contributed by atoms with van der Waals surface area (Å²) in [5.41, 5.74) is 2.10. The Bertz CT molecular complexity index is 668. The molecule has 1 saturated heterocycles. The maximum atomic E-state index is 12.1. The minimum absolute atomic E-state index is 0.234. The first-order valence-electron chi connectivity index (χ1n) is 7.57. The Morgan fingerprint density at radius 3 is 2.83 bits per heavy atom. The number of pyridine rings is 1. The molecule has 3 rings (SSSR count). The highest BCUT2D eigenvalue weighted by Crippen LogP contribution is 2.14. The van der Waals surface area contributed by atoms with Crippen LogP contribution in [0.25, 0.3) is 0 Å². The zero-order chi connectivity index (χ0) is 16.1. The number of carbonyl (C=O) groups is 1. The molecule has 0 atom stereocenters. The molecule has 0 spiro atoms. The van der Waals surface area contributed by atoms with Gasteiger partial charge < -0.3 is 15.0 Å². The molecule has 0 aliphatic carbocycles. The molecule has 0 saturated carbocycles. The number of anilines is 1. The minimum atomic E-state index is -0.234. The number of morpholine rings is 1. The van der Waals surface area contributed by atoms with Gasteiger partial charge in [0.1, 0.15) is 11.5 Å². The highest BCUT2D eigenvalue weighted by atomic mass is 16.5. The van der Waals surface area contributed by atoms with Gasteiger partial charge in [0, 0.05) is 32.0 Å². The molecule has 1 fully saturated rings. The van der Waals surface area contributed by atoms with Crippen LogP contribution in [-0.2, 0) is 11.3 Å². The average molecular weight is 313 g/mol. The third-order valence-electron chi connectivity index (χ3n) is 3.61. The van der Waals surface area contributed by atoms with Crippen LogP contribution in [0.5, 0.6) is 0 Å². The summed E-state index contributed by atoms with van der Waals surface area (Å²) in [5.74, 6) is 0.678. The van der Waals surface area contributed by atoms with Crippen molar-refractivity contribution in [1.29, 1.82) is 0 Å². The molecule has 7 nitrogen and oxygen atoms in total. The lowest BCUT2D eigenvalue weighted by molar-refractivity contribution is 0.0945. The average Bonchev–Trinajstić information content (AvgIpc) is 2.61. The Morgan fingerprint density at radius 2 is 2.09 bits per heavy atom. The second-order valence-electron chi connectivity index (χ2n) is 5.35. The van der Waals surface area contributed by atoms with Crippen LogP contribution in [0.1, 0.15) is 21.7 Å². The first-order valence-corrected chi connectivity index (χ1v) is 7.57. The Morgan fingerprint density at radius 1 is 1.26 bits per heavy atom. The summed E-state index contributed by atoms with van der Waals surface area (Å²) < 4.78 is 5.35. The summed E-state index contributed by atoms with van der Waals surface area (Å²) in [4.78, 5) is 26.8. The molecule has 120 valence electrons. The predicted octanol–water partition coefficient (Wildman–Crippen LogP) is 0.947. The predicted molar refractivity (Wildman–Crippen MR) is 85.2 cm³/mol. The van der Waals surface area contributed by atoms with Gasteiger partial charge in [-0.25, -0.2) is 9.97 Å². The monoisotopic (exact) mass is 313 g/mol. The van der Waals surface area contributed by atoms with Crippen LogP contribution in [0.15, 0.2) is 30.7 Å². The quantitative estimate of drug-likeness (QED) is 0.905. The van der Waals surface area contributed by atoms with E-state index in [9.17, 15) is 4.79 Å². The van der Waals surface area contributed by atoms with Crippen LogP contribution in [0.4, 0.5) is 5.82 Å². The number of ether oxygens (including phenoxy) is 1. The van der Waals surface area contributed by atoms with Gasteiger partial charge in [-0.2, -0.15) is 0 Å². The fourth-order valence-electron chi connectivity index (χ4n) is 2.32. The van der Waals surface area contributed by atoms with E-state index in [4.69, 9.17) is 4.74 Å². The Labute approximate surface area is 134 Å². The second kappa shape index (κ2) is 7.15. The van der Waals surface area contributed by atoms with Crippen molar-refractivity contribution in [1.82, 2.24) is 20.3 Å². The second-order valence-corrected chi connectivity index (χ2v) is 5.35. The smallest absolute Gasteiger partial charge is 0.271 e. The lowest BCUT2D eigenvalue weighted by atomic mass is 10.2. The lowest BCUT2D eigenvalue weighted by Gasteiger charge is -2.28. The SMILES string of the molecule is Cc1cnc(C(=O)NCc2ccnc(N3CCOCC3)c2)cn1. The van der Waals surface area contributed by atoms with Gasteiger partial charge in [0.15, 0.2) is 0 Å². The number of carbonyl (C=O) groups excluding carboxylic acids is 1. The van der Waals surface area contributed by atoms with Gasteiger partial charge in [-0.3, -0.25) is 9.78 Å². The molecule has 0 radical (unpaired) electrons. The number of amides is 1. The summed E-state index contributed by atoms with van der Waals surface area (Å²) >= 11 is 0. The Kier molecular flexibility index (Phi) is 4.77. The van der Waals surface area contributed by atoms with Crippen LogP contribution in [-0.4, -0.2) is 47.2 Å². The zero-order valence-electron chi connectivity index (χ0n) is 13.0. The molecular weight excluding hydrogens is 294 g/mol. The fourth-order valence-corrected chi connectivity index (χ4v) is 2.32. The summed E-state index contributed by atoms with van der Waals surface area (Å²) in [6, 6.07) is 3.89. The highest BCUT2D eigenvalue weighted by Gasteiger charge is 2.13. The molecule has 0 unspecified atom stereocenters. The van der Waals surface area contributed by atoms with Crippen molar-refractivity contribution >= 4 is 11.7 Å². The number of nitrogens with one attached hydrogen (secondary N) is 1. The van der Waals surface area contributed by atoms with E-state index in [0.29, 0.717) is 12.2 Å². The first-order chi connectivity index (χ1) is 11.2. The first kappa shape index (κ1) is 15.4. The molecule has 1 N–H and O–H groups in total. The van der Waals surface area contributed by atoms with E-state index >= 15 is 0 Å². The Hall–Kier alpha value is -2.54. The number of aryl methyl sites for hydroxylation is 1. The number of hydrogen-bond acceptors (Lipinski definition) is 6. The van der Waals surface area contributed by atoms with Crippen molar-refractivity contribution in [2.24, 2.45) is 0 Å². The molecule has 2 aromatic rings. The lowest BCUT2D eigenvalue weighted by Crippen LogP contribution is -2.36. The molecule has 2 aromatic heterocycles. The van der Waals surface area contributed by atoms with Crippen LogP contribution >= 0.6 is 0 Å².